The first-order valence-electron chi connectivity index (χ1n) is 9.23. The molecule has 1 fully saturated rings. The summed E-state index contributed by atoms with van der Waals surface area (Å²) in [7, 11) is -3.11. The molecule has 0 saturated carbocycles. The molecule has 1 heterocycles. The molecule has 1 N–H and O–H groups in total. The first-order chi connectivity index (χ1) is 13.4. The van der Waals surface area contributed by atoms with Crippen LogP contribution in [0, 0.1) is 3.57 Å². The second-order valence-electron chi connectivity index (χ2n) is 6.74. The van der Waals surface area contributed by atoms with Crippen LogP contribution in [-0.2, 0) is 16.6 Å². The second-order valence-corrected chi connectivity index (χ2v) is 10.2. The Morgan fingerprint density at radius 2 is 1.75 bits per heavy atom. The number of carbonyl (C=O) groups excluding carboxylic acids is 1. The lowest BCUT2D eigenvalue weighted by Crippen LogP contribution is -2.48. The van der Waals surface area contributed by atoms with Gasteiger partial charge in [-0.1, -0.05) is 12.1 Å². The van der Waals surface area contributed by atoms with Gasteiger partial charge >= 0.3 is 0 Å². The fourth-order valence-electron chi connectivity index (χ4n) is 3.15. The highest BCUT2D eigenvalue weighted by Gasteiger charge is 2.25. The monoisotopic (exact) mass is 513 g/mol. The van der Waals surface area contributed by atoms with E-state index in [1.165, 1.54) is 0 Å². The Balaban J connectivity index is 1.59. The minimum absolute atomic E-state index is 0.137. The number of nitrogens with zero attached hydrogens (tertiary/aromatic N) is 2. The Hall–Kier alpha value is -1.49. The van der Waals surface area contributed by atoms with Gasteiger partial charge in [0.25, 0.3) is 5.91 Å². The summed E-state index contributed by atoms with van der Waals surface area (Å²) in [4.78, 5) is 14.7. The van der Waals surface area contributed by atoms with Crippen LogP contribution in [0.4, 0.5) is 5.69 Å². The molecule has 8 heteroatoms. The Morgan fingerprint density at radius 1 is 1.07 bits per heavy atom. The van der Waals surface area contributed by atoms with Crippen LogP contribution in [0.15, 0.2) is 48.5 Å². The maximum Gasteiger partial charge on any atom is 0.255 e. The molecule has 0 aliphatic carbocycles. The van der Waals surface area contributed by atoms with E-state index >= 15 is 0 Å². The lowest BCUT2D eigenvalue weighted by molar-refractivity contribution is 0.102. The summed E-state index contributed by atoms with van der Waals surface area (Å²) in [6.45, 7) is 4.79. The molecule has 0 radical (unpaired) electrons. The molecule has 0 spiro atoms. The van der Waals surface area contributed by atoms with Gasteiger partial charge in [-0.05, 0) is 71.5 Å². The first kappa shape index (κ1) is 21.2. The third-order valence-electron chi connectivity index (χ3n) is 4.79. The smallest absolute Gasteiger partial charge is 0.255 e. The third-order valence-corrected chi connectivity index (χ3v) is 7.39. The number of hydrogen-bond acceptors (Lipinski definition) is 4. The molecular formula is C20H24IN3O3S. The van der Waals surface area contributed by atoms with Gasteiger partial charge in [-0.25, -0.2) is 8.42 Å². The minimum Gasteiger partial charge on any atom is -0.322 e. The van der Waals surface area contributed by atoms with Crippen molar-refractivity contribution in [3.8, 4) is 0 Å². The highest BCUT2D eigenvalue weighted by molar-refractivity contribution is 14.1. The Labute approximate surface area is 180 Å². The topological polar surface area (TPSA) is 69.7 Å². The van der Waals surface area contributed by atoms with Crippen molar-refractivity contribution in [1.29, 1.82) is 0 Å². The zero-order valence-electron chi connectivity index (χ0n) is 15.8. The van der Waals surface area contributed by atoms with E-state index in [-0.39, 0.29) is 11.7 Å². The molecule has 1 aliphatic heterocycles. The van der Waals surface area contributed by atoms with Gasteiger partial charge in [-0.15, -0.1) is 0 Å². The normalized spacial score (nSPS) is 16.1. The van der Waals surface area contributed by atoms with Crippen LogP contribution in [0.3, 0.4) is 0 Å². The third kappa shape index (κ3) is 5.53. The van der Waals surface area contributed by atoms with Crippen LogP contribution in [-0.4, -0.2) is 55.5 Å². The van der Waals surface area contributed by atoms with Gasteiger partial charge < -0.3 is 5.32 Å². The van der Waals surface area contributed by atoms with E-state index in [0.29, 0.717) is 38.3 Å². The van der Waals surface area contributed by atoms with E-state index in [9.17, 15) is 13.2 Å². The molecule has 0 unspecified atom stereocenters. The minimum atomic E-state index is -3.11. The summed E-state index contributed by atoms with van der Waals surface area (Å²) in [5, 5.41) is 2.92. The van der Waals surface area contributed by atoms with Crippen LogP contribution in [0.1, 0.15) is 22.8 Å². The van der Waals surface area contributed by atoms with Gasteiger partial charge in [0.05, 0.1) is 5.75 Å². The van der Waals surface area contributed by atoms with Gasteiger partial charge in [-0.3, -0.25) is 9.69 Å². The van der Waals surface area contributed by atoms with Crippen LogP contribution < -0.4 is 5.32 Å². The average molecular weight is 513 g/mol. The maximum atomic E-state index is 12.5. The molecule has 1 aliphatic rings. The van der Waals surface area contributed by atoms with Crippen LogP contribution >= 0.6 is 22.6 Å². The lowest BCUT2D eigenvalue weighted by Gasteiger charge is -2.33. The van der Waals surface area contributed by atoms with Gasteiger partial charge in [0.15, 0.2) is 0 Å². The average Bonchev–Trinajstić information content (AvgIpc) is 2.70. The molecule has 0 aromatic heterocycles. The molecule has 0 atom stereocenters. The second kappa shape index (κ2) is 9.34. The molecule has 2 aromatic carbocycles. The standard InChI is InChI=1S/C20H24IN3O3S/c1-2-28(26,27)24-12-10-23(11-13-24)15-16-4-3-5-17(14-16)20(25)22-19-8-6-18(21)7-9-19/h3-9,14H,2,10-13,15H2,1H3,(H,22,25). The van der Waals surface area contributed by atoms with Crippen molar-refractivity contribution in [1.82, 2.24) is 9.21 Å². The van der Waals surface area contributed by atoms with E-state index in [2.05, 4.69) is 32.8 Å². The SMILES string of the molecule is CCS(=O)(=O)N1CCN(Cc2cccc(C(=O)Nc3ccc(I)cc3)c2)CC1. The fraction of sp³-hybridized carbons (Fsp3) is 0.350. The quantitative estimate of drug-likeness (QED) is 0.604. The van der Waals surface area contributed by atoms with Crippen molar-refractivity contribution in [2.45, 2.75) is 13.5 Å². The predicted molar refractivity (Wildman–Crippen MR) is 120 cm³/mol. The predicted octanol–water partition coefficient (Wildman–Crippen LogP) is 3.01. The number of halogens is 1. The number of hydrogen-bond donors (Lipinski definition) is 1. The molecule has 1 saturated heterocycles. The van der Waals surface area contributed by atoms with Crippen molar-refractivity contribution in [3.05, 3.63) is 63.2 Å². The summed E-state index contributed by atoms with van der Waals surface area (Å²) in [5.74, 6) is 0.00646. The number of piperazine rings is 1. The number of anilines is 1. The van der Waals surface area contributed by atoms with Crippen molar-refractivity contribution in [2.75, 3.05) is 37.2 Å². The van der Waals surface area contributed by atoms with E-state index in [1.807, 2.05) is 42.5 Å². The number of amides is 1. The Kier molecular flexibility index (Phi) is 7.08. The van der Waals surface area contributed by atoms with Gasteiger partial charge in [0.2, 0.25) is 10.0 Å². The van der Waals surface area contributed by atoms with E-state index in [1.54, 1.807) is 17.3 Å². The van der Waals surface area contributed by atoms with Crippen LogP contribution in [0.5, 0.6) is 0 Å². The van der Waals surface area contributed by atoms with Gasteiger partial charge in [0.1, 0.15) is 0 Å². The number of carbonyl (C=O) groups is 1. The first-order valence-corrected chi connectivity index (χ1v) is 11.9. The summed E-state index contributed by atoms with van der Waals surface area (Å²) in [6, 6.07) is 15.2. The number of sulfonamides is 1. The van der Waals surface area contributed by atoms with Crippen LogP contribution in [0.2, 0.25) is 0 Å². The number of nitrogens with one attached hydrogen (secondary N) is 1. The van der Waals surface area contributed by atoms with Crippen molar-refractivity contribution < 1.29 is 13.2 Å². The van der Waals surface area contributed by atoms with Gasteiger partial charge in [0, 0.05) is 47.5 Å². The highest BCUT2D eigenvalue weighted by Crippen LogP contribution is 2.15. The van der Waals surface area contributed by atoms with E-state index in [4.69, 9.17) is 0 Å². The van der Waals surface area contributed by atoms with E-state index < -0.39 is 10.0 Å². The molecular weight excluding hydrogens is 489 g/mol. The number of benzene rings is 2. The largest absolute Gasteiger partial charge is 0.322 e. The molecule has 0 bridgehead atoms. The zero-order valence-corrected chi connectivity index (χ0v) is 18.7. The summed E-state index contributed by atoms with van der Waals surface area (Å²) < 4.78 is 26.6. The fourth-order valence-corrected chi connectivity index (χ4v) is 4.60. The van der Waals surface area contributed by atoms with Crippen LogP contribution in [0.25, 0.3) is 0 Å². The zero-order chi connectivity index (χ0) is 20.1. The molecule has 1 amide bonds. The summed E-state index contributed by atoms with van der Waals surface area (Å²) >= 11 is 2.23. The van der Waals surface area contributed by atoms with Gasteiger partial charge in [-0.2, -0.15) is 4.31 Å². The summed E-state index contributed by atoms with van der Waals surface area (Å²) in [5.41, 5.74) is 2.43. The number of rotatable bonds is 6. The van der Waals surface area contributed by atoms with Crippen molar-refractivity contribution in [2.24, 2.45) is 0 Å². The maximum absolute atomic E-state index is 12.5. The Bertz CT molecular complexity index is 924. The Morgan fingerprint density at radius 3 is 2.39 bits per heavy atom. The molecule has 28 heavy (non-hydrogen) atoms. The molecule has 6 nitrogen and oxygen atoms in total. The molecule has 3 rings (SSSR count). The lowest BCUT2D eigenvalue weighted by atomic mass is 10.1. The van der Waals surface area contributed by atoms with E-state index in [0.717, 1.165) is 14.8 Å². The molecule has 2 aromatic rings. The molecule has 150 valence electrons. The highest BCUT2D eigenvalue weighted by atomic mass is 127. The van der Waals surface area contributed by atoms with Crippen molar-refractivity contribution >= 4 is 44.2 Å². The summed E-state index contributed by atoms with van der Waals surface area (Å²) in [6.07, 6.45) is 0. The van der Waals surface area contributed by atoms with Crippen molar-refractivity contribution in [3.63, 3.8) is 0 Å².